The second kappa shape index (κ2) is 8.98. The van der Waals surface area contributed by atoms with Crippen LogP contribution in [0.5, 0.6) is 0 Å². The molecule has 3 N–H and O–H groups in total. The predicted molar refractivity (Wildman–Crippen MR) is 91.4 cm³/mol. The Morgan fingerprint density at radius 2 is 2.07 bits per heavy atom. The van der Waals surface area contributed by atoms with Crippen molar-refractivity contribution in [2.24, 2.45) is 11.7 Å². The highest BCUT2D eigenvalue weighted by Gasteiger charge is 2.33. The third-order valence-electron chi connectivity index (χ3n) is 4.29. The summed E-state index contributed by atoms with van der Waals surface area (Å²) in [6.07, 6.45) is -3.23. The van der Waals surface area contributed by atoms with Crippen molar-refractivity contribution in [3.05, 3.63) is 47.4 Å². The van der Waals surface area contributed by atoms with Gasteiger partial charge in [0.15, 0.2) is 0 Å². The lowest BCUT2D eigenvalue weighted by Crippen LogP contribution is -2.37. The van der Waals surface area contributed by atoms with Crippen molar-refractivity contribution in [2.45, 2.75) is 25.6 Å². The molecule has 2 rings (SSSR count). The van der Waals surface area contributed by atoms with Gasteiger partial charge in [0.2, 0.25) is 0 Å². The number of hydrogen-bond donors (Lipinski definition) is 2. The smallest absolute Gasteiger partial charge is 0.394 e. The summed E-state index contributed by atoms with van der Waals surface area (Å²) in [4.78, 5) is 13.7. The summed E-state index contributed by atoms with van der Waals surface area (Å²) >= 11 is 0. The zero-order valence-electron chi connectivity index (χ0n) is 14.6. The summed E-state index contributed by atoms with van der Waals surface area (Å²) in [5.74, 6) is -1.17. The number of nitrogens with zero attached hydrogens (tertiary/aromatic N) is 1. The first kappa shape index (κ1) is 20.9. The van der Waals surface area contributed by atoms with E-state index in [0.29, 0.717) is 19.6 Å². The largest absolute Gasteiger partial charge is 0.432 e. The summed E-state index contributed by atoms with van der Waals surface area (Å²) in [7, 11) is 0. The molecule has 1 heterocycles. The van der Waals surface area contributed by atoms with Crippen LogP contribution in [0.3, 0.4) is 0 Å². The van der Waals surface area contributed by atoms with Crippen LogP contribution in [-0.4, -0.2) is 42.5 Å². The molecular formula is C18H21F4N3O2. The molecule has 0 bridgehead atoms. The van der Waals surface area contributed by atoms with Gasteiger partial charge in [-0.1, -0.05) is 18.2 Å². The number of halogens is 4. The number of amides is 1. The Labute approximate surface area is 154 Å². The number of allylic oxidation sites excluding steroid dienone is 1. The minimum absolute atomic E-state index is 0.132. The number of nitrogens with two attached hydrogens (primary N) is 1. The highest BCUT2D eigenvalue weighted by Crippen LogP contribution is 2.20. The third-order valence-corrected chi connectivity index (χ3v) is 4.29. The molecule has 0 aliphatic carbocycles. The van der Waals surface area contributed by atoms with Gasteiger partial charge in [-0.15, -0.1) is 0 Å². The Bertz CT molecular complexity index is 713. The highest BCUT2D eigenvalue weighted by atomic mass is 19.4. The maximum Gasteiger partial charge on any atom is 0.432 e. The van der Waals surface area contributed by atoms with Gasteiger partial charge >= 0.3 is 6.18 Å². The minimum Gasteiger partial charge on any atom is -0.394 e. The zero-order chi connectivity index (χ0) is 20.0. The van der Waals surface area contributed by atoms with Crippen LogP contribution in [0.2, 0.25) is 0 Å². The van der Waals surface area contributed by atoms with Gasteiger partial charge in [-0.3, -0.25) is 10.2 Å². The molecule has 1 fully saturated rings. The average Bonchev–Trinajstić information content (AvgIpc) is 3.12. The van der Waals surface area contributed by atoms with E-state index in [0.717, 1.165) is 6.42 Å². The van der Waals surface area contributed by atoms with Crippen molar-refractivity contribution in [3.63, 3.8) is 0 Å². The van der Waals surface area contributed by atoms with Crippen molar-refractivity contribution >= 4 is 11.6 Å². The molecule has 1 atom stereocenters. The van der Waals surface area contributed by atoms with Crippen LogP contribution in [-0.2, 0) is 16.1 Å². The Morgan fingerprint density at radius 1 is 1.37 bits per heavy atom. The number of rotatable bonds is 7. The van der Waals surface area contributed by atoms with Gasteiger partial charge in [-0.05, 0) is 30.9 Å². The molecule has 9 heteroatoms. The lowest BCUT2D eigenvalue weighted by molar-refractivity contribution is -0.128. The first-order valence-electron chi connectivity index (χ1n) is 8.42. The number of carbonyl (C=O) groups is 1. The molecule has 1 amide bonds. The molecule has 0 aromatic heterocycles. The topological polar surface area (TPSA) is 79.4 Å². The van der Waals surface area contributed by atoms with Crippen LogP contribution in [0.4, 0.5) is 17.6 Å². The lowest BCUT2D eigenvalue weighted by atomic mass is 10.0. The molecule has 0 radical (unpaired) electrons. The number of benzene rings is 1. The molecule has 0 spiro atoms. The van der Waals surface area contributed by atoms with Crippen LogP contribution in [0.1, 0.15) is 18.4 Å². The second-order valence-electron chi connectivity index (χ2n) is 6.35. The molecule has 1 aliphatic rings. The maximum absolute atomic E-state index is 13.9. The fraction of sp³-hybridized carbons (Fsp3) is 0.444. The number of ether oxygens (including phenoxy) is 1. The zero-order valence-corrected chi connectivity index (χ0v) is 14.6. The molecule has 0 saturated carbocycles. The van der Waals surface area contributed by atoms with Gasteiger partial charge in [-0.25, -0.2) is 4.39 Å². The Balaban J connectivity index is 2.16. The molecule has 27 heavy (non-hydrogen) atoms. The number of carbonyl (C=O) groups excluding carboxylic acids is 1. The normalized spacial score (nSPS) is 17.8. The van der Waals surface area contributed by atoms with Crippen LogP contribution in [0.15, 0.2) is 36.0 Å². The fourth-order valence-corrected chi connectivity index (χ4v) is 2.72. The quantitative estimate of drug-likeness (QED) is 0.429. The second-order valence-corrected chi connectivity index (χ2v) is 6.35. The Morgan fingerprint density at radius 3 is 2.67 bits per heavy atom. The molecule has 1 saturated heterocycles. The molecule has 1 aromatic rings. The van der Waals surface area contributed by atoms with Gasteiger partial charge in [0, 0.05) is 31.9 Å². The van der Waals surface area contributed by atoms with Gasteiger partial charge in [0.25, 0.3) is 5.91 Å². The monoisotopic (exact) mass is 387 g/mol. The van der Waals surface area contributed by atoms with Crippen molar-refractivity contribution in [1.82, 2.24) is 4.90 Å². The number of hydrogen-bond acceptors (Lipinski definition) is 4. The van der Waals surface area contributed by atoms with E-state index in [1.54, 1.807) is 6.07 Å². The first-order valence-corrected chi connectivity index (χ1v) is 8.42. The number of alkyl halides is 3. The molecule has 148 valence electrons. The fourth-order valence-electron chi connectivity index (χ4n) is 2.72. The van der Waals surface area contributed by atoms with E-state index in [9.17, 15) is 22.4 Å². The summed E-state index contributed by atoms with van der Waals surface area (Å²) in [5.41, 5.74) is 3.30. The van der Waals surface area contributed by atoms with Crippen LogP contribution in [0.25, 0.3) is 0 Å². The van der Waals surface area contributed by atoms with E-state index in [1.165, 1.54) is 23.1 Å². The third kappa shape index (κ3) is 6.06. The number of nitrogens with one attached hydrogen (secondary N) is 1. The Hall–Kier alpha value is -2.42. The molecular weight excluding hydrogens is 366 g/mol. The minimum atomic E-state index is -4.90. The van der Waals surface area contributed by atoms with Gasteiger partial charge < -0.3 is 15.4 Å². The standard InChI is InChI=1S/C18H21F4N3O2/c19-14-4-2-1-3-13(14)10-25(7-5-12-6-8-27-11-12)17(26)15(23)9-16(24)18(20,21)22/h1-4,9,12,24H,5-8,10-11,23H2/b15-9-,24-16?. The summed E-state index contributed by atoms with van der Waals surface area (Å²) in [6.45, 7) is 1.23. The van der Waals surface area contributed by atoms with Crippen LogP contribution >= 0.6 is 0 Å². The first-order chi connectivity index (χ1) is 12.7. The van der Waals surface area contributed by atoms with E-state index >= 15 is 0 Å². The summed E-state index contributed by atoms with van der Waals surface area (Å²) in [5, 5.41) is 6.97. The highest BCUT2D eigenvalue weighted by molar-refractivity contribution is 6.04. The average molecular weight is 387 g/mol. The molecule has 1 unspecified atom stereocenters. The van der Waals surface area contributed by atoms with Crippen molar-refractivity contribution in [2.75, 3.05) is 19.8 Å². The predicted octanol–water partition coefficient (Wildman–Crippen LogP) is 3.01. The summed E-state index contributed by atoms with van der Waals surface area (Å²) < 4.78 is 56.7. The van der Waals surface area contributed by atoms with Gasteiger partial charge in [0.1, 0.15) is 11.5 Å². The van der Waals surface area contributed by atoms with Gasteiger partial charge in [0.05, 0.1) is 5.70 Å². The van der Waals surface area contributed by atoms with E-state index in [-0.39, 0.29) is 30.6 Å². The SMILES string of the molecule is N=C(/C=C(\N)C(=O)N(CCC1CCOC1)Cc1ccccc1F)C(F)(F)F. The van der Waals surface area contributed by atoms with Crippen molar-refractivity contribution in [1.29, 1.82) is 5.41 Å². The van der Waals surface area contributed by atoms with E-state index in [1.807, 2.05) is 0 Å². The van der Waals surface area contributed by atoms with E-state index in [2.05, 4.69) is 0 Å². The molecule has 1 aliphatic heterocycles. The Kier molecular flexibility index (Phi) is 6.95. The lowest BCUT2D eigenvalue weighted by Gasteiger charge is -2.24. The molecule has 5 nitrogen and oxygen atoms in total. The maximum atomic E-state index is 13.9. The van der Waals surface area contributed by atoms with Crippen LogP contribution < -0.4 is 5.73 Å². The van der Waals surface area contributed by atoms with Crippen LogP contribution in [0, 0.1) is 17.1 Å². The van der Waals surface area contributed by atoms with Crippen molar-refractivity contribution in [3.8, 4) is 0 Å². The molecule has 1 aromatic carbocycles. The van der Waals surface area contributed by atoms with Crippen molar-refractivity contribution < 1.29 is 27.1 Å². The van der Waals surface area contributed by atoms with E-state index < -0.39 is 29.3 Å². The van der Waals surface area contributed by atoms with Gasteiger partial charge in [-0.2, -0.15) is 13.2 Å². The van der Waals surface area contributed by atoms with E-state index in [4.69, 9.17) is 15.9 Å². The summed E-state index contributed by atoms with van der Waals surface area (Å²) in [6, 6.07) is 5.83.